The number of rotatable bonds is 3. The average molecular weight is 253 g/mol. The zero-order valence-electron chi connectivity index (χ0n) is 8.88. The van der Waals surface area contributed by atoms with Crippen molar-refractivity contribution >= 4 is 17.5 Å². The van der Waals surface area contributed by atoms with Crippen molar-refractivity contribution in [3.63, 3.8) is 0 Å². The van der Waals surface area contributed by atoms with Crippen molar-refractivity contribution in [2.75, 3.05) is 0 Å². The maximum atomic E-state index is 11.8. The molecule has 1 amide bonds. The number of amides is 1. The van der Waals surface area contributed by atoms with Gasteiger partial charge in [0.05, 0.1) is 11.6 Å². The van der Waals surface area contributed by atoms with Crippen molar-refractivity contribution in [1.82, 2.24) is 30.9 Å². The van der Waals surface area contributed by atoms with Crippen molar-refractivity contribution in [2.45, 2.75) is 13.0 Å². The first-order valence-electron chi connectivity index (χ1n) is 4.82. The standard InChI is InChI=1S/C9H9ClN6O/c1-5(8-13-15-16-14-8)12-9(17)6-2-3-7(10)11-4-6/h2-5H,1H3,(H,12,17)(H,13,14,15,16). The smallest absolute Gasteiger partial charge is 0.253 e. The monoisotopic (exact) mass is 252 g/mol. The number of halogens is 1. The first-order valence-corrected chi connectivity index (χ1v) is 5.20. The summed E-state index contributed by atoms with van der Waals surface area (Å²) >= 11 is 5.63. The van der Waals surface area contributed by atoms with E-state index in [-0.39, 0.29) is 11.9 Å². The predicted octanol–water partition coefficient (Wildman–Crippen LogP) is 0.739. The van der Waals surface area contributed by atoms with Crippen LogP contribution in [-0.4, -0.2) is 31.5 Å². The summed E-state index contributed by atoms with van der Waals surface area (Å²) < 4.78 is 0. The molecule has 2 aromatic heterocycles. The lowest BCUT2D eigenvalue weighted by Crippen LogP contribution is -2.27. The number of tetrazole rings is 1. The van der Waals surface area contributed by atoms with E-state index in [9.17, 15) is 4.79 Å². The molecule has 0 saturated heterocycles. The van der Waals surface area contributed by atoms with Crippen LogP contribution in [0.3, 0.4) is 0 Å². The Kier molecular flexibility index (Phi) is 3.29. The Bertz CT molecular complexity index is 497. The van der Waals surface area contributed by atoms with E-state index < -0.39 is 0 Å². The van der Waals surface area contributed by atoms with Gasteiger partial charge in [-0.2, -0.15) is 5.21 Å². The number of pyridine rings is 1. The molecule has 0 aliphatic rings. The maximum absolute atomic E-state index is 11.8. The van der Waals surface area contributed by atoms with Gasteiger partial charge in [0.1, 0.15) is 5.15 Å². The van der Waals surface area contributed by atoms with Crippen LogP contribution in [0.15, 0.2) is 18.3 Å². The molecule has 7 nitrogen and oxygen atoms in total. The van der Waals surface area contributed by atoms with Gasteiger partial charge in [0.2, 0.25) is 0 Å². The molecule has 88 valence electrons. The highest BCUT2D eigenvalue weighted by atomic mass is 35.5. The number of hydrogen-bond donors (Lipinski definition) is 2. The number of nitrogens with zero attached hydrogens (tertiary/aromatic N) is 4. The van der Waals surface area contributed by atoms with E-state index in [1.807, 2.05) is 0 Å². The van der Waals surface area contributed by atoms with Crippen molar-refractivity contribution in [2.24, 2.45) is 0 Å². The number of carbonyl (C=O) groups excluding carboxylic acids is 1. The minimum atomic E-state index is -0.336. The molecule has 0 spiro atoms. The molecule has 1 atom stereocenters. The van der Waals surface area contributed by atoms with Crippen LogP contribution in [-0.2, 0) is 0 Å². The van der Waals surface area contributed by atoms with E-state index >= 15 is 0 Å². The molecule has 2 aromatic rings. The Morgan fingerprint density at radius 3 is 2.94 bits per heavy atom. The van der Waals surface area contributed by atoms with Crippen LogP contribution in [0.25, 0.3) is 0 Å². The molecule has 0 radical (unpaired) electrons. The number of nitrogens with one attached hydrogen (secondary N) is 2. The predicted molar refractivity (Wildman–Crippen MR) is 59.3 cm³/mol. The van der Waals surface area contributed by atoms with Crippen molar-refractivity contribution < 1.29 is 4.79 Å². The van der Waals surface area contributed by atoms with Crippen molar-refractivity contribution in [3.8, 4) is 0 Å². The number of carbonyl (C=O) groups is 1. The topological polar surface area (TPSA) is 96.5 Å². The second-order valence-corrected chi connectivity index (χ2v) is 3.72. The van der Waals surface area contributed by atoms with E-state index in [1.54, 1.807) is 19.1 Å². The lowest BCUT2D eigenvalue weighted by Gasteiger charge is -2.09. The van der Waals surface area contributed by atoms with Crippen LogP contribution >= 0.6 is 11.6 Å². The lowest BCUT2D eigenvalue weighted by atomic mass is 10.2. The molecule has 0 bridgehead atoms. The molecule has 8 heteroatoms. The summed E-state index contributed by atoms with van der Waals surface area (Å²) in [6.07, 6.45) is 1.40. The highest BCUT2D eigenvalue weighted by Gasteiger charge is 2.14. The Labute approximate surface area is 102 Å². The first-order chi connectivity index (χ1) is 8.16. The van der Waals surface area contributed by atoms with Crippen LogP contribution in [0.2, 0.25) is 5.15 Å². The van der Waals surface area contributed by atoms with E-state index in [4.69, 9.17) is 11.6 Å². The van der Waals surface area contributed by atoms with Gasteiger partial charge in [0.15, 0.2) is 5.82 Å². The summed E-state index contributed by atoms with van der Waals surface area (Å²) in [4.78, 5) is 15.6. The van der Waals surface area contributed by atoms with Crippen LogP contribution in [0.5, 0.6) is 0 Å². The number of aromatic nitrogens is 5. The molecular weight excluding hydrogens is 244 g/mol. The molecule has 1 unspecified atom stereocenters. The van der Waals surface area contributed by atoms with E-state index in [1.165, 1.54) is 6.20 Å². The zero-order chi connectivity index (χ0) is 12.3. The normalized spacial score (nSPS) is 12.1. The first kappa shape index (κ1) is 11.5. The summed E-state index contributed by atoms with van der Waals surface area (Å²) in [5, 5.41) is 16.3. The Hall–Kier alpha value is -2.02. The third-order valence-corrected chi connectivity index (χ3v) is 2.31. The molecular formula is C9H9ClN6O. The van der Waals surface area contributed by atoms with Crippen LogP contribution < -0.4 is 5.32 Å². The quantitative estimate of drug-likeness (QED) is 0.786. The highest BCUT2D eigenvalue weighted by molar-refractivity contribution is 6.29. The number of aromatic amines is 1. The molecule has 17 heavy (non-hydrogen) atoms. The van der Waals surface area contributed by atoms with Gasteiger partial charge in [-0.15, -0.1) is 10.2 Å². The minimum Gasteiger partial charge on any atom is -0.342 e. The van der Waals surface area contributed by atoms with Gasteiger partial charge in [-0.1, -0.05) is 16.8 Å². The minimum absolute atomic E-state index is 0.272. The lowest BCUT2D eigenvalue weighted by molar-refractivity contribution is 0.0938. The van der Waals surface area contributed by atoms with Crippen LogP contribution in [0, 0.1) is 0 Å². The van der Waals surface area contributed by atoms with Crippen molar-refractivity contribution in [3.05, 3.63) is 34.9 Å². The fraction of sp³-hybridized carbons (Fsp3) is 0.222. The third kappa shape index (κ3) is 2.76. The van der Waals surface area contributed by atoms with Gasteiger partial charge in [-0.25, -0.2) is 4.98 Å². The van der Waals surface area contributed by atoms with Gasteiger partial charge >= 0.3 is 0 Å². The zero-order valence-corrected chi connectivity index (χ0v) is 9.64. The Morgan fingerprint density at radius 2 is 2.35 bits per heavy atom. The van der Waals surface area contributed by atoms with E-state index in [2.05, 4.69) is 30.9 Å². The van der Waals surface area contributed by atoms with Gasteiger partial charge in [0, 0.05) is 6.20 Å². The molecule has 0 aromatic carbocycles. The summed E-state index contributed by atoms with van der Waals surface area (Å²) in [5.41, 5.74) is 0.421. The Morgan fingerprint density at radius 1 is 1.53 bits per heavy atom. The molecule has 2 heterocycles. The van der Waals surface area contributed by atoms with E-state index in [0.29, 0.717) is 16.5 Å². The molecule has 0 fully saturated rings. The molecule has 0 aliphatic heterocycles. The van der Waals surface area contributed by atoms with Gasteiger partial charge in [-0.3, -0.25) is 4.79 Å². The number of H-pyrrole nitrogens is 1. The van der Waals surface area contributed by atoms with Gasteiger partial charge < -0.3 is 5.32 Å². The SMILES string of the molecule is CC(NC(=O)c1ccc(Cl)nc1)c1nn[nH]n1. The summed E-state index contributed by atoms with van der Waals surface area (Å²) in [5.74, 6) is 0.145. The van der Waals surface area contributed by atoms with Crippen LogP contribution in [0.4, 0.5) is 0 Å². The largest absolute Gasteiger partial charge is 0.342 e. The molecule has 2 rings (SSSR count). The van der Waals surface area contributed by atoms with E-state index in [0.717, 1.165) is 0 Å². The molecule has 0 aliphatic carbocycles. The van der Waals surface area contributed by atoms with Gasteiger partial charge in [0.25, 0.3) is 5.91 Å². The van der Waals surface area contributed by atoms with Crippen LogP contribution in [0.1, 0.15) is 29.1 Å². The summed E-state index contributed by atoms with van der Waals surface area (Å²) in [6.45, 7) is 1.76. The average Bonchev–Trinajstić information content (AvgIpc) is 2.83. The molecule has 2 N–H and O–H groups in total. The number of hydrogen-bond acceptors (Lipinski definition) is 5. The maximum Gasteiger partial charge on any atom is 0.253 e. The van der Waals surface area contributed by atoms with Crippen molar-refractivity contribution in [1.29, 1.82) is 0 Å². The second kappa shape index (κ2) is 4.88. The summed E-state index contributed by atoms with van der Waals surface area (Å²) in [6, 6.07) is 2.81. The van der Waals surface area contributed by atoms with Gasteiger partial charge in [-0.05, 0) is 19.1 Å². The third-order valence-electron chi connectivity index (χ3n) is 2.09. The fourth-order valence-electron chi connectivity index (χ4n) is 1.21. The fourth-order valence-corrected chi connectivity index (χ4v) is 1.32. The Balaban J connectivity index is 2.04. The highest BCUT2D eigenvalue weighted by Crippen LogP contribution is 2.08. The molecule has 0 saturated carbocycles. The summed E-state index contributed by atoms with van der Waals surface area (Å²) in [7, 11) is 0. The second-order valence-electron chi connectivity index (χ2n) is 3.33.